The fourth-order valence-corrected chi connectivity index (χ4v) is 2.62. The highest BCUT2D eigenvalue weighted by Gasteiger charge is 2.08. The van der Waals surface area contributed by atoms with Crippen LogP contribution in [0.3, 0.4) is 0 Å². The van der Waals surface area contributed by atoms with Crippen LogP contribution in [0, 0.1) is 13.8 Å². The van der Waals surface area contributed by atoms with Gasteiger partial charge in [-0.1, -0.05) is 45.8 Å². The van der Waals surface area contributed by atoms with Gasteiger partial charge in [-0.25, -0.2) is 0 Å². The van der Waals surface area contributed by atoms with Crippen LogP contribution < -0.4 is 5.32 Å². The van der Waals surface area contributed by atoms with Gasteiger partial charge in [0, 0.05) is 16.2 Å². The molecule has 0 aromatic heterocycles. The molecule has 0 saturated carbocycles. The Morgan fingerprint density at radius 3 is 2.50 bits per heavy atom. The lowest BCUT2D eigenvalue weighted by molar-refractivity contribution is 0.873. The van der Waals surface area contributed by atoms with E-state index in [2.05, 4.69) is 72.3 Å². The molecule has 1 N–H and O–H groups in total. The van der Waals surface area contributed by atoms with E-state index in [1.807, 2.05) is 12.1 Å². The molecule has 18 heavy (non-hydrogen) atoms. The molecule has 0 aliphatic heterocycles. The third-order valence-electron chi connectivity index (χ3n) is 3.10. The van der Waals surface area contributed by atoms with Crippen molar-refractivity contribution in [3.05, 3.63) is 63.6 Å². The first-order valence-corrected chi connectivity index (χ1v) is 6.95. The van der Waals surface area contributed by atoms with E-state index in [1.54, 1.807) is 0 Å². The van der Waals surface area contributed by atoms with Crippen LogP contribution in [0.4, 0.5) is 5.69 Å². The molecule has 1 nitrogen and oxygen atoms in total. The Hall–Kier alpha value is -1.28. The van der Waals surface area contributed by atoms with Crippen LogP contribution in [0.25, 0.3) is 0 Å². The lowest BCUT2D eigenvalue weighted by atomic mass is 10.00. The Labute approximate surface area is 117 Å². The number of nitrogens with one attached hydrogen (secondary N) is 1. The van der Waals surface area contributed by atoms with Gasteiger partial charge in [-0.3, -0.25) is 0 Å². The predicted octanol–water partition coefficient (Wildman–Crippen LogP) is 5.24. The molecular weight excluding hydrogens is 286 g/mol. The average molecular weight is 304 g/mol. The van der Waals surface area contributed by atoms with E-state index in [0.717, 1.165) is 10.2 Å². The molecule has 0 spiro atoms. The molecule has 2 rings (SSSR count). The van der Waals surface area contributed by atoms with Gasteiger partial charge in [0.2, 0.25) is 0 Å². The number of rotatable bonds is 3. The lowest BCUT2D eigenvalue weighted by Crippen LogP contribution is -2.08. The van der Waals surface area contributed by atoms with Gasteiger partial charge in [-0.05, 0) is 50.1 Å². The summed E-state index contributed by atoms with van der Waals surface area (Å²) >= 11 is 3.49. The Morgan fingerprint density at radius 2 is 1.83 bits per heavy atom. The molecule has 2 aromatic carbocycles. The fourth-order valence-electron chi connectivity index (χ4n) is 2.22. The lowest BCUT2D eigenvalue weighted by Gasteiger charge is -2.18. The summed E-state index contributed by atoms with van der Waals surface area (Å²) in [6.45, 7) is 6.49. The quantitative estimate of drug-likeness (QED) is 0.817. The highest BCUT2D eigenvalue weighted by Crippen LogP contribution is 2.24. The maximum atomic E-state index is 3.53. The van der Waals surface area contributed by atoms with Gasteiger partial charge in [-0.15, -0.1) is 0 Å². The van der Waals surface area contributed by atoms with Crippen LogP contribution in [0.1, 0.15) is 29.7 Å². The highest BCUT2D eigenvalue weighted by molar-refractivity contribution is 9.10. The Bertz CT molecular complexity index is 549. The minimum atomic E-state index is 0.305. The molecular formula is C16H18BrN. The molecule has 0 aliphatic carbocycles. The first kappa shape index (κ1) is 13.2. The fraction of sp³-hybridized carbons (Fsp3) is 0.250. The summed E-state index contributed by atoms with van der Waals surface area (Å²) in [6, 6.07) is 15.2. The molecule has 1 atom stereocenters. The van der Waals surface area contributed by atoms with Crippen molar-refractivity contribution in [2.45, 2.75) is 26.8 Å². The average Bonchev–Trinajstić information content (AvgIpc) is 2.28. The molecule has 0 radical (unpaired) electrons. The zero-order valence-corrected chi connectivity index (χ0v) is 12.6. The van der Waals surface area contributed by atoms with E-state index in [9.17, 15) is 0 Å². The van der Waals surface area contributed by atoms with Gasteiger partial charge in [0.15, 0.2) is 0 Å². The number of anilines is 1. The predicted molar refractivity (Wildman–Crippen MR) is 82.1 cm³/mol. The van der Waals surface area contributed by atoms with E-state index < -0.39 is 0 Å². The second-order valence-corrected chi connectivity index (χ2v) is 5.65. The summed E-state index contributed by atoms with van der Waals surface area (Å²) in [7, 11) is 0. The monoisotopic (exact) mass is 303 g/mol. The number of benzene rings is 2. The number of aryl methyl sites for hydroxylation is 2. The van der Waals surface area contributed by atoms with Crippen LogP contribution in [0.2, 0.25) is 0 Å². The second kappa shape index (κ2) is 5.57. The zero-order chi connectivity index (χ0) is 13.1. The maximum Gasteiger partial charge on any atom is 0.0488 e. The van der Waals surface area contributed by atoms with E-state index in [1.165, 1.54) is 16.7 Å². The minimum Gasteiger partial charge on any atom is -0.378 e. The molecule has 0 aliphatic rings. The first-order chi connectivity index (χ1) is 8.56. The molecule has 94 valence electrons. The van der Waals surface area contributed by atoms with Crippen molar-refractivity contribution in [2.24, 2.45) is 0 Å². The van der Waals surface area contributed by atoms with Crippen molar-refractivity contribution < 1.29 is 0 Å². The summed E-state index contributed by atoms with van der Waals surface area (Å²) < 4.78 is 1.10. The SMILES string of the molecule is Cc1ccc(C(C)Nc2cccc(Br)c2)c(C)c1. The normalized spacial score (nSPS) is 12.2. The Balaban J connectivity index is 2.19. The summed E-state index contributed by atoms with van der Waals surface area (Å²) in [5.74, 6) is 0. The van der Waals surface area contributed by atoms with E-state index in [4.69, 9.17) is 0 Å². The zero-order valence-electron chi connectivity index (χ0n) is 11.0. The van der Waals surface area contributed by atoms with E-state index >= 15 is 0 Å². The van der Waals surface area contributed by atoms with Crippen LogP contribution in [-0.4, -0.2) is 0 Å². The van der Waals surface area contributed by atoms with Gasteiger partial charge in [-0.2, -0.15) is 0 Å². The van der Waals surface area contributed by atoms with Crippen molar-refractivity contribution in [2.75, 3.05) is 5.32 Å². The third kappa shape index (κ3) is 3.14. The van der Waals surface area contributed by atoms with Crippen molar-refractivity contribution in [1.29, 1.82) is 0 Å². The third-order valence-corrected chi connectivity index (χ3v) is 3.59. The number of halogens is 1. The smallest absolute Gasteiger partial charge is 0.0488 e. The molecule has 0 fully saturated rings. The maximum absolute atomic E-state index is 3.53. The van der Waals surface area contributed by atoms with Gasteiger partial charge >= 0.3 is 0 Å². The van der Waals surface area contributed by atoms with Crippen molar-refractivity contribution in [1.82, 2.24) is 0 Å². The molecule has 2 aromatic rings. The summed E-state index contributed by atoms with van der Waals surface area (Å²) in [4.78, 5) is 0. The Kier molecular flexibility index (Phi) is 4.07. The molecule has 2 heteroatoms. The Morgan fingerprint density at radius 1 is 1.06 bits per heavy atom. The highest BCUT2D eigenvalue weighted by atomic mass is 79.9. The topological polar surface area (TPSA) is 12.0 Å². The number of hydrogen-bond acceptors (Lipinski definition) is 1. The minimum absolute atomic E-state index is 0.305. The molecule has 0 amide bonds. The summed E-state index contributed by atoms with van der Waals surface area (Å²) in [5.41, 5.74) is 5.13. The van der Waals surface area contributed by atoms with Crippen LogP contribution in [0.15, 0.2) is 46.9 Å². The van der Waals surface area contributed by atoms with E-state index in [0.29, 0.717) is 6.04 Å². The van der Waals surface area contributed by atoms with Crippen molar-refractivity contribution in [3.63, 3.8) is 0 Å². The van der Waals surface area contributed by atoms with Crippen molar-refractivity contribution >= 4 is 21.6 Å². The number of hydrogen-bond donors (Lipinski definition) is 1. The first-order valence-electron chi connectivity index (χ1n) is 6.15. The standard InChI is InChI=1S/C16H18BrN/c1-11-7-8-16(12(2)9-11)13(3)18-15-6-4-5-14(17)10-15/h4-10,13,18H,1-3H3. The van der Waals surface area contributed by atoms with Gasteiger partial charge in [0.1, 0.15) is 0 Å². The second-order valence-electron chi connectivity index (χ2n) is 4.74. The van der Waals surface area contributed by atoms with E-state index in [-0.39, 0.29) is 0 Å². The molecule has 0 bridgehead atoms. The molecule has 0 saturated heterocycles. The van der Waals surface area contributed by atoms with Gasteiger partial charge < -0.3 is 5.32 Å². The summed E-state index contributed by atoms with van der Waals surface area (Å²) in [5, 5.41) is 3.53. The van der Waals surface area contributed by atoms with Crippen LogP contribution in [-0.2, 0) is 0 Å². The van der Waals surface area contributed by atoms with Crippen molar-refractivity contribution in [3.8, 4) is 0 Å². The van der Waals surface area contributed by atoms with Crippen LogP contribution in [0.5, 0.6) is 0 Å². The molecule has 1 unspecified atom stereocenters. The van der Waals surface area contributed by atoms with Gasteiger partial charge in [0.05, 0.1) is 0 Å². The summed E-state index contributed by atoms with van der Waals surface area (Å²) in [6.07, 6.45) is 0. The van der Waals surface area contributed by atoms with Crippen LogP contribution >= 0.6 is 15.9 Å². The van der Waals surface area contributed by atoms with Gasteiger partial charge in [0.25, 0.3) is 0 Å². The molecule has 0 heterocycles. The largest absolute Gasteiger partial charge is 0.378 e.